The number of piperazine rings is 1. The van der Waals surface area contributed by atoms with Gasteiger partial charge < -0.3 is 5.32 Å². The molecule has 116 valence electrons. The normalized spacial score (nSPS) is 35.2. The maximum atomic E-state index is 3.70. The van der Waals surface area contributed by atoms with Gasteiger partial charge in [-0.1, -0.05) is 39.0 Å². The monoisotopic (exact) mass is 278 g/mol. The van der Waals surface area contributed by atoms with Crippen LogP contribution in [-0.2, 0) is 0 Å². The Balaban J connectivity index is 1.62. The fraction of sp³-hybridized carbons (Fsp3) is 1.00. The van der Waals surface area contributed by atoms with Crippen LogP contribution < -0.4 is 5.32 Å². The molecule has 2 saturated carbocycles. The quantitative estimate of drug-likeness (QED) is 0.841. The Morgan fingerprint density at radius 3 is 2.50 bits per heavy atom. The lowest BCUT2D eigenvalue weighted by molar-refractivity contribution is -0.0233. The van der Waals surface area contributed by atoms with Crippen LogP contribution in [0, 0.1) is 5.92 Å². The fourth-order valence-corrected chi connectivity index (χ4v) is 5.26. The Labute approximate surface area is 125 Å². The van der Waals surface area contributed by atoms with Crippen molar-refractivity contribution in [2.24, 2.45) is 5.92 Å². The molecule has 0 unspecified atom stereocenters. The van der Waals surface area contributed by atoms with Crippen molar-refractivity contribution in [3.63, 3.8) is 0 Å². The van der Waals surface area contributed by atoms with E-state index in [9.17, 15) is 0 Å². The van der Waals surface area contributed by atoms with Crippen molar-refractivity contribution in [2.45, 2.75) is 89.1 Å². The lowest BCUT2D eigenvalue weighted by Crippen LogP contribution is -2.65. The predicted molar refractivity (Wildman–Crippen MR) is 86.0 cm³/mol. The van der Waals surface area contributed by atoms with E-state index in [4.69, 9.17) is 0 Å². The van der Waals surface area contributed by atoms with Gasteiger partial charge in [0.05, 0.1) is 0 Å². The summed E-state index contributed by atoms with van der Waals surface area (Å²) < 4.78 is 0. The van der Waals surface area contributed by atoms with E-state index in [-0.39, 0.29) is 0 Å². The number of rotatable bonds is 3. The number of hydrogen-bond donors (Lipinski definition) is 1. The van der Waals surface area contributed by atoms with Gasteiger partial charge in [0, 0.05) is 31.2 Å². The molecule has 1 saturated heterocycles. The summed E-state index contributed by atoms with van der Waals surface area (Å²) >= 11 is 0. The van der Waals surface area contributed by atoms with E-state index in [1.54, 1.807) is 0 Å². The Kier molecular flexibility index (Phi) is 5.04. The van der Waals surface area contributed by atoms with Crippen LogP contribution in [0.5, 0.6) is 0 Å². The second-order valence-corrected chi connectivity index (χ2v) is 7.62. The minimum Gasteiger partial charge on any atom is -0.314 e. The maximum Gasteiger partial charge on any atom is 0.0337 e. The smallest absolute Gasteiger partial charge is 0.0337 e. The van der Waals surface area contributed by atoms with Gasteiger partial charge in [-0.3, -0.25) is 4.90 Å². The molecule has 3 rings (SSSR count). The van der Waals surface area contributed by atoms with E-state index in [2.05, 4.69) is 17.1 Å². The Morgan fingerprint density at radius 2 is 1.80 bits per heavy atom. The highest BCUT2D eigenvalue weighted by molar-refractivity contribution is 5.01. The first-order valence-electron chi connectivity index (χ1n) is 9.31. The highest BCUT2D eigenvalue weighted by atomic mass is 15.3. The molecule has 2 heteroatoms. The highest BCUT2D eigenvalue weighted by Gasteiger charge is 2.43. The molecule has 1 spiro atoms. The molecule has 2 nitrogen and oxygen atoms in total. The fourth-order valence-electron chi connectivity index (χ4n) is 5.26. The molecule has 0 aromatic heterocycles. The number of nitrogens with zero attached hydrogens (tertiary/aromatic N) is 1. The molecule has 20 heavy (non-hydrogen) atoms. The minimum atomic E-state index is 0.540. The van der Waals surface area contributed by atoms with E-state index >= 15 is 0 Å². The van der Waals surface area contributed by atoms with Crippen molar-refractivity contribution in [3.05, 3.63) is 0 Å². The van der Waals surface area contributed by atoms with Gasteiger partial charge in [0.2, 0.25) is 0 Å². The molecule has 0 aromatic rings. The lowest BCUT2D eigenvalue weighted by Gasteiger charge is -2.54. The summed E-state index contributed by atoms with van der Waals surface area (Å²) in [6.45, 7) is 6.14. The van der Waals surface area contributed by atoms with Crippen LogP contribution in [0.2, 0.25) is 0 Å². The first kappa shape index (κ1) is 14.8. The number of nitrogens with one attached hydrogen (secondary N) is 1. The zero-order chi connectivity index (χ0) is 13.8. The van der Waals surface area contributed by atoms with Crippen LogP contribution >= 0.6 is 0 Å². The Bertz CT molecular complexity index is 280. The van der Waals surface area contributed by atoms with Gasteiger partial charge in [-0.25, -0.2) is 0 Å². The summed E-state index contributed by atoms with van der Waals surface area (Å²) in [6, 6.07) is 0.906. The molecule has 3 fully saturated rings. The molecular formula is C18H34N2. The van der Waals surface area contributed by atoms with Gasteiger partial charge in [0.15, 0.2) is 0 Å². The highest BCUT2D eigenvalue weighted by Crippen LogP contribution is 2.40. The Hall–Kier alpha value is -0.0800. The molecule has 1 heterocycles. The molecule has 0 atom stereocenters. The lowest BCUT2D eigenvalue weighted by atomic mass is 9.75. The zero-order valence-corrected chi connectivity index (χ0v) is 13.5. The van der Waals surface area contributed by atoms with E-state index in [0.717, 1.165) is 12.0 Å². The summed E-state index contributed by atoms with van der Waals surface area (Å²) in [5.74, 6) is 1.04. The van der Waals surface area contributed by atoms with Gasteiger partial charge in [-0.15, -0.1) is 0 Å². The third kappa shape index (κ3) is 3.06. The predicted octanol–water partition coefficient (Wildman–Crippen LogP) is 3.95. The van der Waals surface area contributed by atoms with Crippen LogP contribution in [0.4, 0.5) is 0 Å². The van der Waals surface area contributed by atoms with Gasteiger partial charge in [0.25, 0.3) is 0 Å². The first-order valence-corrected chi connectivity index (χ1v) is 9.31. The minimum absolute atomic E-state index is 0.540. The van der Waals surface area contributed by atoms with Gasteiger partial charge >= 0.3 is 0 Å². The van der Waals surface area contributed by atoms with Crippen LogP contribution in [0.25, 0.3) is 0 Å². The van der Waals surface area contributed by atoms with Crippen molar-refractivity contribution in [2.75, 3.05) is 19.6 Å². The van der Waals surface area contributed by atoms with Crippen molar-refractivity contribution in [1.82, 2.24) is 10.2 Å². The topological polar surface area (TPSA) is 15.3 Å². The molecule has 1 aliphatic heterocycles. The summed E-state index contributed by atoms with van der Waals surface area (Å²) in [5, 5.41) is 3.70. The largest absolute Gasteiger partial charge is 0.314 e. The molecule has 0 aromatic carbocycles. The standard InChI is InChI=1S/C18H34N2/c1-2-6-16-7-9-17(10-8-16)20-14-13-19-15-18(20)11-4-3-5-12-18/h16-17,19H,2-15H2,1H3. The molecule has 0 amide bonds. The molecule has 0 bridgehead atoms. The van der Waals surface area contributed by atoms with Crippen LogP contribution in [0.3, 0.4) is 0 Å². The summed E-state index contributed by atoms with van der Waals surface area (Å²) in [7, 11) is 0. The van der Waals surface area contributed by atoms with Crippen molar-refractivity contribution in [3.8, 4) is 0 Å². The molecule has 3 aliphatic rings. The molecule has 2 aliphatic carbocycles. The maximum absolute atomic E-state index is 3.70. The molecular weight excluding hydrogens is 244 g/mol. The average molecular weight is 278 g/mol. The summed E-state index contributed by atoms with van der Waals surface area (Å²) in [6.07, 6.45) is 16.1. The van der Waals surface area contributed by atoms with Crippen molar-refractivity contribution in [1.29, 1.82) is 0 Å². The van der Waals surface area contributed by atoms with E-state index in [1.807, 2.05) is 0 Å². The summed E-state index contributed by atoms with van der Waals surface area (Å²) in [4.78, 5) is 2.98. The van der Waals surface area contributed by atoms with Crippen LogP contribution in [0.1, 0.15) is 77.6 Å². The first-order chi connectivity index (χ1) is 9.84. The Morgan fingerprint density at radius 1 is 1.05 bits per heavy atom. The average Bonchev–Trinajstić information content (AvgIpc) is 2.50. The molecule has 0 radical (unpaired) electrons. The third-order valence-electron chi connectivity index (χ3n) is 6.33. The van der Waals surface area contributed by atoms with Gasteiger partial charge in [-0.2, -0.15) is 0 Å². The van der Waals surface area contributed by atoms with E-state index in [0.29, 0.717) is 5.54 Å². The third-order valence-corrected chi connectivity index (χ3v) is 6.33. The number of hydrogen-bond acceptors (Lipinski definition) is 2. The van der Waals surface area contributed by atoms with Gasteiger partial charge in [-0.05, 0) is 44.4 Å². The summed E-state index contributed by atoms with van der Waals surface area (Å²) in [5.41, 5.74) is 0.540. The molecule has 1 N–H and O–H groups in total. The van der Waals surface area contributed by atoms with Crippen LogP contribution in [0.15, 0.2) is 0 Å². The van der Waals surface area contributed by atoms with Crippen molar-refractivity contribution >= 4 is 0 Å². The van der Waals surface area contributed by atoms with Gasteiger partial charge in [0.1, 0.15) is 0 Å². The van der Waals surface area contributed by atoms with Crippen molar-refractivity contribution < 1.29 is 0 Å². The SMILES string of the molecule is CCCC1CCC(N2CCNCC23CCCCC3)CC1. The van der Waals surface area contributed by atoms with E-state index < -0.39 is 0 Å². The zero-order valence-electron chi connectivity index (χ0n) is 13.5. The second-order valence-electron chi connectivity index (χ2n) is 7.62. The second kappa shape index (κ2) is 6.79. The van der Waals surface area contributed by atoms with E-state index in [1.165, 1.54) is 90.3 Å². The van der Waals surface area contributed by atoms with Crippen LogP contribution in [-0.4, -0.2) is 36.1 Å².